The summed E-state index contributed by atoms with van der Waals surface area (Å²) in [5.74, 6) is 0.420. The van der Waals surface area contributed by atoms with Crippen LogP contribution < -0.4 is 0 Å². The lowest BCUT2D eigenvalue weighted by atomic mass is 10.1. The maximum atomic E-state index is 13.0. The molecule has 0 unspecified atom stereocenters. The summed E-state index contributed by atoms with van der Waals surface area (Å²) in [6.07, 6.45) is 2.88. The molecular formula is C21H18FNO4S. The van der Waals surface area contributed by atoms with Gasteiger partial charge in [0, 0.05) is 25.2 Å². The Morgan fingerprint density at radius 1 is 0.964 bits per heavy atom. The number of ketones is 1. The first kappa shape index (κ1) is 19.7. The molecule has 5 nitrogen and oxygen atoms in total. The lowest BCUT2D eigenvalue weighted by Crippen LogP contribution is -2.22. The van der Waals surface area contributed by atoms with E-state index >= 15 is 0 Å². The van der Waals surface area contributed by atoms with Gasteiger partial charge in [0.05, 0.1) is 4.90 Å². The number of sulfonamides is 1. The van der Waals surface area contributed by atoms with Crippen molar-refractivity contribution in [1.29, 1.82) is 0 Å². The van der Waals surface area contributed by atoms with Crippen molar-refractivity contribution in [2.45, 2.75) is 4.90 Å². The van der Waals surface area contributed by atoms with Crippen LogP contribution in [-0.4, -0.2) is 32.6 Å². The number of hydrogen-bond donors (Lipinski definition) is 0. The van der Waals surface area contributed by atoms with E-state index in [0.29, 0.717) is 17.1 Å². The number of hydrogen-bond acceptors (Lipinski definition) is 4. The molecule has 3 rings (SSSR count). The molecule has 0 aliphatic carbocycles. The van der Waals surface area contributed by atoms with Crippen LogP contribution in [0.1, 0.15) is 16.1 Å². The molecule has 0 spiro atoms. The highest BCUT2D eigenvalue weighted by Crippen LogP contribution is 2.23. The maximum absolute atomic E-state index is 13.0. The van der Waals surface area contributed by atoms with Crippen LogP contribution in [0.5, 0.6) is 0 Å². The van der Waals surface area contributed by atoms with Crippen LogP contribution in [0.3, 0.4) is 0 Å². The molecule has 144 valence electrons. The smallest absolute Gasteiger partial charge is 0.242 e. The summed E-state index contributed by atoms with van der Waals surface area (Å²) in [6, 6.07) is 15.1. The average molecular weight is 399 g/mol. The van der Waals surface area contributed by atoms with Crippen LogP contribution in [0, 0.1) is 5.82 Å². The molecular weight excluding hydrogens is 381 g/mol. The molecule has 0 aliphatic rings. The molecule has 2 aromatic carbocycles. The van der Waals surface area contributed by atoms with E-state index in [1.165, 1.54) is 62.6 Å². The molecule has 0 saturated heterocycles. The van der Waals surface area contributed by atoms with Crippen LogP contribution >= 0.6 is 0 Å². The summed E-state index contributed by atoms with van der Waals surface area (Å²) in [5, 5.41) is 0. The van der Waals surface area contributed by atoms with Crippen LogP contribution in [0.25, 0.3) is 17.4 Å². The highest BCUT2D eigenvalue weighted by molar-refractivity contribution is 7.89. The van der Waals surface area contributed by atoms with E-state index in [4.69, 9.17) is 4.42 Å². The van der Waals surface area contributed by atoms with Gasteiger partial charge in [-0.1, -0.05) is 0 Å². The highest BCUT2D eigenvalue weighted by atomic mass is 32.2. The van der Waals surface area contributed by atoms with E-state index in [1.54, 1.807) is 24.3 Å². The molecule has 1 aromatic heterocycles. The van der Waals surface area contributed by atoms with Crippen molar-refractivity contribution in [3.63, 3.8) is 0 Å². The molecule has 1 heterocycles. The minimum Gasteiger partial charge on any atom is -0.457 e. The average Bonchev–Trinajstić information content (AvgIpc) is 3.15. The Balaban J connectivity index is 1.73. The van der Waals surface area contributed by atoms with Gasteiger partial charge in [0.2, 0.25) is 10.0 Å². The second-order valence-electron chi connectivity index (χ2n) is 6.22. The van der Waals surface area contributed by atoms with E-state index in [-0.39, 0.29) is 16.5 Å². The van der Waals surface area contributed by atoms with E-state index in [0.717, 1.165) is 9.87 Å². The molecule has 0 amide bonds. The Bertz CT molecular complexity index is 1110. The first-order valence-corrected chi connectivity index (χ1v) is 9.82. The standard InChI is InChI=1S/C21H18FNO4S/c1-23(2)28(25,26)19-11-5-15(6-12-19)20(24)13-9-18-10-14-21(27-18)16-3-7-17(22)8-4-16/h3-14H,1-2H3. The van der Waals surface area contributed by atoms with Crippen molar-refractivity contribution < 1.29 is 22.0 Å². The van der Waals surface area contributed by atoms with Crippen LogP contribution in [0.2, 0.25) is 0 Å². The van der Waals surface area contributed by atoms with Crippen molar-refractivity contribution in [2.75, 3.05) is 14.1 Å². The molecule has 0 saturated carbocycles. The third kappa shape index (κ3) is 4.27. The molecule has 28 heavy (non-hydrogen) atoms. The molecule has 3 aromatic rings. The summed E-state index contributed by atoms with van der Waals surface area (Å²) in [4.78, 5) is 12.4. The zero-order valence-corrected chi connectivity index (χ0v) is 16.1. The van der Waals surface area contributed by atoms with Gasteiger partial charge in [0.1, 0.15) is 17.3 Å². The van der Waals surface area contributed by atoms with Crippen molar-refractivity contribution in [1.82, 2.24) is 4.31 Å². The number of nitrogens with zero attached hydrogens (tertiary/aromatic N) is 1. The fourth-order valence-corrected chi connectivity index (χ4v) is 3.37. The monoisotopic (exact) mass is 399 g/mol. The SMILES string of the molecule is CN(C)S(=O)(=O)c1ccc(C(=O)C=Cc2ccc(-c3ccc(F)cc3)o2)cc1. The predicted molar refractivity (Wildman–Crippen MR) is 105 cm³/mol. The summed E-state index contributed by atoms with van der Waals surface area (Å²) >= 11 is 0. The Morgan fingerprint density at radius 2 is 1.61 bits per heavy atom. The first-order chi connectivity index (χ1) is 13.3. The van der Waals surface area contributed by atoms with Gasteiger partial charge in [-0.3, -0.25) is 4.79 Å². The van der Waals surface area contributed by atoms with Crippen LogP contribution in [-0.2, 0) is 10.0 Å². The largest absolute Gasteiger partial charge is 0.457 e. The Hall–Kier alpha value is -3.03. The number of halogens is 1. The van der Waals surface area contributed by atoms with Crippen LogP contribution in [0.15, 0.2) is 76.1 Å². The zero-order valence-electron chi connectivity index (χ0n) is 15.3. The Morgan fingerprint density at radius 3 is 2.21 bits per heavy atom. The van der Waals surface area contributed by atoms with Gasteiger partial charge >= 0.3 is 0 Å². The summed E-state index contributed by atoms with van der Waals surface area (Å²) in [5.41, 5.74) is 1.09. The number of allylic oxidation sites excluding steroid dienone is 1. The topological polar surface area (TPSA) is 67.6 Å². The van der Waals surface area contributed by atoms with Gasteiger partial charge in [-0.25, -0.2) is 17.1 Å². The van der Waals surface area contributed by atoms with Gasteiger partial charge in [-0.2, -0.15) is 0 Å². The van der Waals surface area contributed by atoms with E-state index in [9.17, 15) is 17.6 Å². The van der Waals surface area contributed by atoms with E-state index < -0.39 is 10.0 Å². The fourth-order valence-electron chi connectivity index (χ4n) is 2.47. The maximum Gasteiger partial charge on any atom is 0.242 e. The molecule has 0 atom stereocenters. The number of furan rings is 1. The minimum atomic E-state index is -3.54. The quantitative estimate of drug-likeness (QED) is 0.459. The highest BCUT2D eigenvalue weighted by Gasteiger charge is 2.17. The number of benzene rings is 2. The normalized spacial score (nSPS) is 12.0. The lowest BCUT2D eigenvalue weighted by molar-refractivity contribution is 0.104. The predicted octanol–water partition coefficient (Wildman–Crippen LogP) is 4.23. The molecule has 0 bridgehead atoms. The second kappa shape index (κ2) is 7.92. The van der Waals surface area contributed by atoms with Gasteiger partial charge in [0.15, 0.2) is 5.78 Å². The van der Waals surface area contributed by atoms with Crippen molar-refractivity contribution >= 4 is 21.9 Å². The zero-order chi connectivity index (χ0) is 20.3. The Kier molecular flexibility index (Phi) is 5.58. The third-order valence-electron chi connectivity index (χ3n) is 4.07. The Labute approximate surface area is 162 Å². The van der Waals surface area contributed by atoms with Gasteiger partial charge in [-0.05, 0) is 72.8 Å². The van der Waals surface area contributed by atoms with E-state index in [2.05, 4.69) is 0 Å². The molecule has 0 N–H and O–H groups in total. The van der Waals surface area contributed by atoms with Gasteiger partial charge < -0.3 is 4.42 Å². The third-order valence-corrected chi connectivity index (χ3v) is 5.90. The number of rotatable bonds is 6. The number of carbonyl (C=O) groups excluding carboxylic acids is 1. The van der Waals surface area contributed by atoms with Gasteiger partial charge in [0.25, 0.3) is 0 Å². The summed E-state index contributed by atoms with van der Waals surface area (Å²) in [6.45, 7) is 0. The summed E-state index contributed by atoms with van der Waals surface area (Å²) in [7, 11) is -0.645. The summed E-state index contributed by atoms with van der Waals surface area (Å²) < 4.78 is 43.9. The van der Waals surface area contributed by atoms with Crippen molar-refractivity contribution in [3.05, 3.63) is 83.9 Å². The first-order valence-electron chi connectivity index (χ1n) is 8.38. The molecule has 7 heteroatoms. The van der Waals surface area contributed by atoms with Gasteiger partial charge in [-0.15, -0.1) is 0 Å². The lowest BCUT2D eigenvalue weighted by Gasteiger charge is -2.11. The van der Waals surface area contributed by atoms with E-state index in [1.807, 2.05) is 0 Å². The van der Waals surface area contributed by atoms with Crippen LogP contribution in [0.4, 0.5) is 4.39 Å². The second-order valence-corrected chi connectivity index (χ2v) is 8.37. The van der Waals surface area contributed by atoms with Crippen molar-refractivity contribution in [3.8, 4) is 11.3 Å². The van der Waals surface area contributed by atoms with Crippen molar-refractivity contribution in [2.24, 2.45) is 0 Å². The number of carbonyl (C=O) groups is 1. The minimum absolute atomic E-state index is 0.119. The fraction of sp³-hybridized carbons (Fsp3) is 0.0952. The molecule has 0 aliphatic heterocycles. The molecule has 0 radical (unpaired) electrons. The molecule has 0 fully saturated rings.